The van der Waals surface area contributed by atoms with E-state index in [-0.39, 0.29) is 15.8 Å². The maximum Gasteiger partial charge on any atom is 0.338 e. The normalized spacial score (nSPS) is 14.6. The highest BCUT2D eigenvalue weighted by molar-refractivity contribution is 7.99. The number of esters is 1. The Kier molecular flexibility index (Phi) is 9.39. The second-order valence-electron chi connectivity index (χ2n) is 10.7. The van der Waals surface area contributed by atoms with Gasteiger partial charge in [-0.1, -0.05) is 17.4 Å². The van der Waals surface area contributed by atoms with E-state index in [1.165, 1.54) is 24.9 Å². The fourth-order valence-corrected chi connectivity index (χ4v) is 7.05. The van der Waals surface area contributed by atoms with Crippen molar-refractivity contribution >= 4 is 40.8 Å². The molecule has 238 valence electrons. The van der Waals surface area contributed by atoms with Gasteiger partial charge in [-0.05, 0) is 88.4 Å². The molecule has 0 N–H and O–H groups in total. The van der Waals surface area contributed by atoms with Crippen LogP contribution in [0.3, 0.4) is 0 Å². The van der Waals surface area contributed by atoms with E-state index < -0.39 is 28.6 Å². The van der Waals surface area contributed by atoms with Crippen molar-refractivity contribution in [3.63, 3.8) is 0 Å². The second-order valence-corrected chi connectivity index (χ2v) is 12.7. The largest absolute Gasteiger partial charge is 0.497 e. The number of thiazole rings is 1. The molecule has 0 bridgehead atoms. The first-order chi connectivity index (χ1) is 21.9. The third kappa shape index (κ3) is 6.58. The summed E-state index contributed by atoms with van der Waals surface area (Å²) in [5.41, 5.74) is 2.44. The van der Waals surface area contributed by atoms with Crippen molar-refractivity contribution in [1.82, 2.24) is 14.5 Å². The fraction of sp³-hybridized carbons (Fsp3) is 0.281. The number of allylic oxidation sites excluding steroid dienone is 1. The number of carbonyl (C=O) groups is 1. The number of nitro groups is 1. The molecule has 1 aliphatic heterocycles. The highest BCUT2D eigenvalue weighted by atomic mass is 32.2. The third-order valence-electron chi connectivity index (χ3n) is 6.96. The molecule has 5 rings (SSSR count). The lowest BCUT2D eigenvalue weighted by Gasteiger charge is -2.26. The number of nitro benzene ring substituents is 1. The number of hydrogen-bond acceptors (Lipinski definition) is 12. The molecule has 0 unspecified atom stereocenters. The van der Waals surface area contributed by atoms with Crippen molar-refractivity contribution in [1.29, 1.82) is 0 Å². The van der Waals surface area contributed by atoms with Gasteiger partial charge in [0.25, 0.3) is 11.2 Å². The minimum Gasteiger partial charge on any atom is -0.497 e. The maximum atomic E-state index is 14.1. The number of aromatic nitrogens is 3. The molecule has 0 aliphatic carbocycles. The molecule has 2 aromatic carbocycles. The van der Waals surface area contributed by atoms with Crippen LogP contribution in [0.2, 0.25) is 0 Å². The van der Waals surface area contributed by atoms with Crippen LogP contribution in [0.1, 0.15) is 49.3 Å². The van der Waals surface area contributed by atoms with E-state index in [4.69, 9.17) is 14.2 Å². The molecular weight excluding hydrogens is 631 g/mol. The number of benzene rings is 2. The van der Waals surface area contributed by atoms with Gasteiger partial charge in [-0.2, -0.15) is 0 Å². The summed E-state index contributed by atoms with van der Waals surface area (Å²) in [4.78, 5) is 53.3. The van der Waals surface area contributed by atoms with Crippen molar-refractivity contribution in [3.8, 4) is 11.5 Å². The standard InChI is InChI=1S/C32H31N5O7S2/c1-16(2)44-30(39)27-19(5)35-32-36(28(27)22-15-21(42-6)9-10-24(22)43-7)29(38)26(46-32)14-20-8-11-25(23(13-20)37(40)41)45-31-33-17(3)12-18(4)34-31/h8-16,28H,1-7H3/b26-14-/t28-/m0/s1. The summed E-state index contributed by atoms with van der Waals surface area (Å²) in [6, 6.07) is 10.7. The lowest BCUT2D eigenvalue weighted by atomic mass is 9.94. The molecule has 0 radical (unpaired) electrons. The molecule has 1 atom stereocenters. The third-order valence-corrected chi connectivity index (χ3v) is 8.87. The summed E-state index contributed by atoms with van der Waals surface area (Å²) < 4.78 is 18.4. The maximum absolute atomic E-state index is 14.1. The van der Waals surface area contributed by atoms with E-state index >= 15 is 0 Å². The summed E-state index contributed by atoms with van der Waals surface area (Å²) in [6.07, 6.45) is 1.16. The van der Waals surface area contributed by atoms with Crippen molar-refractivity contribution in [2.45, 2.75) is 56.8 Å². The first-order valence-corrected chi connectivity index (χ1v) is 15.8. The van der Waals surface area contributed by atoms with Crippen LogP contribution in [0.15, 0.2) is 73.6 Å². The summed E-state index contributed by atoms with van der Waals surface area (Å²) >= 11 is 2.20. The van der Waals surface area contributed by atoms with Crippen LogP contribution < -0.4 is 24.4 Å². The van der Waals surface area contributed by atoms with E-state index in [1.807, 2.05) is 19.9 Å². The van der Waals surface area contributed by atoms with Crippen molar-refractivity contribution < 1.29 is 23.9 Å². The topological polar surface area (TPSA) is 148 Å². The predicted molar refractivity (Wildman–Crippen MR) is 173 cm³/mol. The average Bonchev–Trinajstić information content (AvgIpc) is 3.29. The Bertz CT molecular complexity index is 2060. The molecule has 4 aromatic rings. The number of rotatable bonds is 9. The molecule has 0 saturated carbocycles. The second kappa shape index (κ2) is 13.3. The molecule has 0 fully saturated rings. The lowest BCUT2D eigenvalue weighted by Crippen LogP contribution is -2.40. The molecule has 3 heterocycles. The minimum absolute atomic E-state index is 0.150. The zero-order chi connectivity index (χ0) is 33.3. The average molecular weight is 662 g/mol. The van der Waals surface area contributed by atoms with Gasteiger partial charge in [0.1, 0.15) is 17.5 Å². The van der Waals surface area contributed by atoms with Crippen LogP contribution in [0.25, 0.3) is 6.08 Å². The van der Waals surface area contributed by atoms with Gasteiger partial charge in [0, 0.05) is 23.0 Å². The van der Waals surface area contributed by atoms with Crippen LogP contribution >= 0.6 is 23.1 Å². The molecule has 14 heteroatoms. The Morgan fingerprint density at radius 1 is 1.07 bits per heavy atom. The number of carbonyl (C=O) groups excluding carboxylic acids is 1. The molecule has 2 aromatic heterocycles. The number of ether oxygens (including phenoxy) is 3. The van der Waals surface area contributed by atoms with Crippen LogP contribution in [0.5, 0.6) is 11.5 Å². The van der Waals surface area contributed by atoms with Gasteiger partial charge in [0.05, 0.1) is 45.9 Å². The number of nitrogens with zero attached hydrogens (tertiary/aromatic N) is 5. The molecule has 12 nitrogen and oxygen atoms in total. The number of fused-ring (bicyclic) bond motifs is 1. The number of aryl methyl sites for hydroxylation is 2. The minimum atomic E-state index is -0.944. The molecule has 0 saturated heterocycles. The van der Waals surface area contributed by atoms with Crippen molar-refractivity contribution in [3.05, 3.63) is 106 Å². The molecule has 46 heavy (non-hydrogen) atoms. The van der Waals surface area contributed by atoms with Crippen LogP contribution in [0, 0.1) is 24.0 Å². The molecule has 0 amide bonds. The van der Waals surface area contributed by atoms with Gasteiger partial charge in [-0.3, -0.25) is 19.5 Å². The first-order valence-electron chi connectivity index (χ1n) is 14.1. The quantitative estimate of drug-likeness (QED) is 0.107. The Balaban J connectivity index is 1.66. The van der Waals surface area contributed by atoms with E-state index in [9.17, 15) is 19.7 Å². The predicted octanol–water partition coefficient (Wildman–Crippen LogP) is 4.67. The highest BCUT2D eigenvalue weighted by Gasteiger charge is 2.36. The highest BCUT2D eigenvalue weighted by Crippen LogP contribution is 2.38. The molecule has 1 aliphatic rings. The van der Waals surface area contributed by atoms with Crippen LogP contribution in [-0.2, 0) is 9.53 Å². The van der Waals surface area contributed by atoms with Gasteiger partial charge in [0.2, 0.25) is 0 Å². The van der Waals surface area contributed by atoms with E-state index in [2.05, 4.69) is 15.0 Å². The summed E-state index contributed by atoms with van der Waals surface area (Å²) in [7, 11) is 3.02. The Labute approximate surface area is 272 Å². The Hall–Kier alpha value is -4.82. The van der Waals surface area contributed by atoms with Crippen LogP contribution in [0.4, 0.5) is 5.69 Å². The molecular formula is C32H31N5O7S2. The van der Waals surface area contributed by atoms with E-state index in [0.29, 0.717) is 43.2 Å². The van der Waals surface area contributed by atoms with Crippen LogP contribution in [-0.4, -0.2) is 45.8 Å². The van der Waals surface area contributed by atoms with E-state index in [0.717, 1.165) is 34.5 Å². The summed E-state index contributed by atoms with van der Waals surface area (Å²) in [5.74, 6) is 0.318. The van der Waals surface area contributed by atoms with Gasteiger partial charge in [-0.25, -0.2) is 19.8 Å². The molecule has 0 spiro atoms. The van der Waals surface area contributed by atoms with Gasteiger partial charge >= 0.3 is 5.97 Å². The smallest absolute Gasteiger partial charge is 0.338 e. The zero-order valence-corrected chi connectivity index (χ0v) is 27.8. The fourth-order valence-electron chi connectivity index (χ4n) is 5.05. The lowest BCUT2D eigenvalue weighted by molar-refractivity contribution is -0.387. The Morgan fingerprint density at radius 2 is 1.78 bits per heavy atom. The first kappa shape index (κ1) is 32.6. The number of hydrogen-bond donors (Lipinski definition) is 0. The van der Waals surface area contributed by atoms with E-state index in [1.54, 1.807) is 57.2 Å². The number of methoxy groups -OCH3 is 2. The monoisotopic (exact) mass is 661 g/mol. The SMILES string of the molecule is COc1ccc(OC)c([C@H]2C(C(=O)OC(C)C)=C(C)N=c3s/c(=C\c4ccc(Sc5nc(C)cc(C)n5)c([N+](=O)[O-])c4)c(=O)n32)c1. The van der Waals surface area contributed by atoms with Gasteiger partial charge in [0.15, 0.2) is 9.96 Å². The zero-order valence-electron chi connectivity index (χ0n) is 26.2. The van der Waals surface area contributed by atoms with Gasteiger partial charge in [-0.15, -0.1) is 0 Å². The van der Waals surface area contributed by atoms with Crippen molar-refractivity contribution in [2.24, 2.45) is 4.99 Å². The van der Waals surface area contributed by atoms with Crippen molar-refractivity contribution in [2.75, 3.05) is 14.2 Å². The summed E-state index contributed by atoms with van der Waals surface area (Å²) in [6.45, 7) is 8.83. The van der Waals surface area contributed by atoms with Gasteiger partial charge < -0.3 is 14.2 Å². The Morgan fingerprint density at radius 3 is 2.41 bits per heavy atom. The summed E-state index contributed by atoms with van der Waals surface area (Å²) in [5, 5.41) is 12.5.